The number of amides is 1. The summed E-state index contributed by atoms with van der Waals surface area (Å²) in [5.41, 5.74) is 4.55. The van der Waals surface area contributed by atoms with Gasteiger partial charge in [0.2, 0.25) is 0 Å². The normalized spacial score (nSPS) is 23.8. The molecule has 0 saturated carbocycles. The van der Waals surface area contributed by atoms with Gasteiger partial charge in [-0.2, -0.15) is 0 Å². The Kier molecular flexibility index (Phi) is 9.16. The number of ether oxygens (including phenoxy) is 4. The molecule has 0 N–H and O–H groups in total. The van der Waals surface area contributed by atoms with Crippen molar-refractivity contribution in [1.29, 1.82) is 0 Å². The summed E-state index contributed by atoms with van der Waals surface area (Å²) in [4.78, 5) is 15.5. The number of carbonyl (C=O) groups excluding carboxylic acids is 1. The number of piperidine rings is 3. The minimum absolute atomic E-state index is 0.0713. The van der Waals surface area contributed by atoms with E-state index in [0.717, 1.165) is 73.5 Å². The van der Waals surface area contributed by atoms with E-state index in [1.807, 2.05) is 47.4 Å². The first-order valence-electron chi connectivity index (χ1n) is 15.6. The van der Waals surface area contributed by atoms with Crippen LogP contribution in [0.3, 0.4) is 0 Å². The van der Waals surface area contributed by atoms with Crippen molar-refractivity contribution in [2.75, 3.05) is 52.6 Å². The van der Waals surface area contributed by atoms with Crippen LogP contribution >= 0.6 is 0 Å². The van der Waals surface area contributed by atoms with Gasteiger partial charge in [-0.05, 0) is 52.9 Å². The summed E-state index contributed by atoms with van der Waals surface area (Å²) in [6.07, 6.45) is 8.81. The number of hydrogen-bond acceptors (Lipinski definition) is 5. The van der Waals surface area contributed by atoms with E-state index in [9.17, 15) is 4.79 Å². The fourth-order valence-corrected chi connectivity index (χ4v) is 6.67. The zero-order valence-corrected chi connectivity index (χ0v) is 25.3. The maximum absolute atomic E-state index is 13.6. The number of carbonyl (C=O) groups is 1. The number of benzene rings is 3. The van der Waals surface area contributed by atoms with E-state index in [2.05, 4.69) is 36.3 Å². The molecule has 4 aliphatic heterocycles. The lowest BCUT2D eigenvalue weighted by atomic mass is 9.70. The van der Waals surface area contributed by atoms with E-state index in [1.165, 1.54) is 5.56 Å². The molecule has 226 valence electrons. The first-order chi connectivity index (χ1) is 21.5. The van der Waals surface area contributed by atoms with Crippen molar-refractivity contribution in [2.45, 2.75) is 38.3 Å². The van der Waals surface area contributed by atoms with Crippen LogP contribution in [0, 0.1) is 17.8 Å². The average Bonchev–Trinajstić information content (AvgIpc) is 3.07. The highest BCUT2D eigenvalue weighted by molar-refractivity contribution is 5.97. The molecule has 7 rings (SSSR count). The Morgan fingerprint density at radius 3 is 2.34 bits per heavy atom. The number of rotatable bonds is 11. The standard InChI is InChI=1S/C36H40BN2O5/c1-2-23-41-24-25-42-31-11-7-28(8-12-31)26-43-32-13-9-30(10-14-32)34-33-6-4-3-5-29(33)15-19-38(34)35(40)44-27-36-16-20-39(37,21-17-36)22-18-36/h1,3-14,34H,15-27H2/q+1/t34-,36?,39?/m0/s1. The molecule has 3 aromatic rings. The molecule has 1 amide bonds. The summed E-state index contributed by atoms with van der Waals surface area (Å²) in [5, 5.41) is 0. The summed E-state index contributed by atoms with van der Waals surface area (Å²) in [5.74, 6) is 3.97. The molecule has 3 saturated heterocycles. The Balaban J connectivity index is 1.08. The summed E-state index contributed by atoms with van der Waals surface area (Å²) in [6, 6.07) is 24.1. The molecular formula is C36H40BN2O5+. The van der Waals surface area contributed by atoms with Gasteiger partial charge in [-0.15, -0.1) is 6.42 Å². The van der Waals surface area contributed by atoms with E-state index < -0.39 is 0 Å². The molecule has 1 atom stereocenters. The van der Waals surface area contributed by atoms with Crippen LogP contribution in [0.15, 0.2) is 72.8 Å². The number of terminal acetylenes is 1. The predicted octanol–water partition coefficient (Wildman–Crippen LogP) is 5.46. The molecule has 3 aromatic carbocycles. The molecule has 8 heteroatoms. The highest BCUT2D eigenvalue weighted by Crippen LogP contribution is 2.43. The van der Waals surface area contributed by atoms with E-state index in [-0.39, 0.29) is 24.2 Å². The maximum atomic E-state index is 13.6. The van der Waals surface area contributed by atoms with Gasteiger partial charge in [0, 0.05) is 31.2 Å². The Morgan fingerprint density at radius 2 is 1.61 bits per heavy atom. The van der Waals surface area contributed by atoms with Crippen LogP contribution in [0.4, 0.5) is 4.79 Å². The van der Waals surface area contributed by atoms with Gasteiger partial charge in [-0.1, -0.05) is 54.5 Å². The van der Waals surface area contributed by atoms with Gasteiger partial charge in [0.1, 0.15) is 31.3 Å². The second kappa shape index (κ2) is 13.4. The van der Waals surface area contributed by atoms with Gasteiger partial charge in [-0.3, -0.25) is 4.90 Å². The van der Waals surface area contributed by atoms with Crippen LogP contribution < -0.4 is 9.47 Å². The van der Waals surface area contributed by atoms with E-state index in [4.69, 9.17) is 33.4 Å². The predicted molar refractivity (Wildman–Crippen MR) is 169 cm³/mol. The van der Waals surface area contributed by atoms with Gasteiger partial charge < -0.3 is 23.3 Å². The monoisotopic (exact) mass is 591 g/mol. The van der Waals surface area contributed by atoms with Crippen LogP contribution in [0.5, 0.6) is 11.5 Å². The third kappa shape index (κ3) is 6.90. The molecular weight excluding hydrogens is 551 g/mol. The third-order valence-electron chi connectivity index (χ3n) is 9.49. The first-order valence-corrected chi connectivity index (χ1v) is 15.6. The zero-order chi connectivity index (χ0) is 30.4. The third-order valence-corrected chi connectivity index (χ3v) is 9.49. The minimum atomic E-state index is -0.239. The zero-order valence-electron chi connectivity index (χ0n) is 25.3. The largest absolute Gasteiger partial charge is 0.491 e. The van der Waals surface area contributed by atoms with Crippen molar-refractivity contribution in [1.82, 2.24) is 4.90 Å². The second-order valence-corrected chi connectivity index (χ2v) is 12.3. The number of nitrogens with zero attached hydrogens (tertiary/aromatic N) is 2. The molecule has 7 nitrogen and oxygen atoms in total. The fraction of sp³-hybridized carbons (Fsp3) is 0.417. The average molecular weight is 592 g/mol. The van der Waals surface area contributed by atoms with Gasteiger partial charge in [0.15, 0.2) is 0 Å². The van der Waals surface area contributed by atoms with Crippen LogP contribution in [0.2, 0.25) is 0 Å². The van der Waals surface area contributed by atoms with Gasteiger partial charge in [-0.25, -0.2) is 4.79 Å². The van der Waals surface area contributed by atoms with Gasteiger partial charge >= 0.3 is 14.1 Å². The van der Waals surface area contributed by atoms with Crippen molar-refractivity contribution in [3.8, 4) is 23.8 Å². The first kappa shape index (κ1) is 30.1. The van der Waals surface area contributed by atoms with Crippen molar-refractivity contribution in [3.63, 3.8) is 0 Å². The molecule has 0 aromatic heterocycles. The van der Waals surface area contributed by atoms with Gasteiger partial charge in [0.05, 0.1) is 38.9 Å². The molecule has 4 aliphatic rings. The van der Waals surface area contributed by atoms with Crippen LogP contribution in [0.1, 0.15) is 47.6 Å². The van der Waals surface area contributed by atoms with Gasteiger partial charge in [0.25, 0.3) is 0 Å². The summed E-state index contributed by atoms with van der Waals surface area (Å²) < 4.78 is 23.8. The molecule has 4 heterocycles. The Labute approximate surface area is 262 Å². The Hall–Kier alpha value is -3.93. The van der Waals surface area contributed by atoms with Crippen LogP contribution in [-0.4, -0.2) is 76.0 Å². The maximum Gasteiger partial charge on any atom is 0.481 e. The van der Waals surface area contributed by atoms with E-state index in [0.29, 0.717) is 37.4 Å². The Morgan fingerprint density at radius 1 is 0.932 bits per heavy atom. The Bertz CT molecular complexity index is 1440. The lowest BCUT2D eigenvalue weighted by Gasteiger charge is -2.53. The second-order valence-electron chi connectivity index (χ2n) is 12.3. The van der Waals surface area contributed by atoms with Crippen molar-refractivity contribution in [3.05, 3.63) is 95.1 Å². The molecule has 0 unspecified atom stereocenters. The van der Waals surface area contributed by atoms with Crippen molar-refractivity contribution >= 4 is 14.1 Å². The minimum Gasteiger partial charge on any atom is -0.491 e. The smallest absolute Gasteiger partial charge is 0.481 e. The van der Waals surface area contributed by atoms with E-state index in [1.54, 1.807) is 0 Å². The summed E-state index contributed by atoms with van der Waals surface area (Å²) in [6.45, 7) is 5.61. The fourth-order valence-electron chi connectivity index (χ4n) is 6.67. The quantitative estimate of drug-likeness (QED) is 0.168. The van der Waals surface area contributed by atoms with Crippen molar-refractivity contribution in [2.24, 2.45) is 5.41 Å². The highest BCUT2D eigenvalue weighted by Gasteiger charge is 2.47. The topological polar surface area (TPSA) is 57.2 Å². The number of fused-ring (bicyclic) bond motifs is 4. The number of quaternary nitrogens is 1. The summed E-state index contributed by atoms with van der Waals surface area (Å²) in [7, 11) is 6.45. The molecule has 0 spiro atoms. The molecule has 2 radical (unpaired) electrons. The molecule has 3 fully saturated rings. The summed E-state index contributed by atoms with van der Waals surface area (Å²) >= 11 is 0. The van der Waals surface area contributed by atoms with Crippen LogP contribution in [0.25, 0.3) is 0 Å². The molecule has 0 aliphatic carbocycles. The molecule has 2 bridgehead atoms. The lowest BCUT2D eigenvalue weighted by Crippen LogP contribution is -2.61. The highest BCUT2D eigenvalue weighted by atomic mass is 16.6. The van der Waals surface area contributed by atoms with Crippen LogP contribution in [-0.2, 0) is 22.5 Å². The number of hydrogen-bond donors (Lipinski definition) is 0. The van der Waals surface area contributed by atoms with E-state index >= 15 is 0 Å². The SMILES string of the molecule is [B][N+]12CCC(COC(=O)N3CCc4ccccc4[C@@H]3c3ccc(OCc4ccc(OCCOCC#C)cc4)cc3)(CC1)CC2. The molecule has 44 heavy (non-hydrogen) atoms. The lowest BCUT2D eigenvalue weighted by molar-refractivity contribution is -0.839. The van der Waals surface area contributed by atoms with Crippen molar-refractivity contribution < 1.29 is 28.1 Å².